The van der Waals surface area contributed by atoms with E-state index < -0.39 is 0 Å². The highest BCUT2D eigenvalue weighted by molar-refractivity contribution is 5.50. The molecule has 0 aliphatic carbocycles. The van der Waals surface area contributed by atoms with Crippen LogP contribution in [0.2, 0.25) is 0 Å². The first kappa shape index (κ1) is 9.75. The molecule has 0 unspecified atom stereocenters. The molecule has 0 radical (unpaired) electrons. The number of benzene rings is 1. The molecule has 0 aliphatic heterocycles. The molecular weight excluding hydrogens is 158 g/mol. The Morgan fingerprint density at radius 3 is 2.62 bits per heavy atom. The topological polar surface area (TPSA) is 12.0 Å². The van der Waals surface area contributed by atoms with Crippen LogP contribution in [0.25, 0.3) is 6.08 Å². The normalized spacial score (nSPS) is 11.5. The highest BCUT2D eigenvalue weighted by atomic mass is 14.8. The van der Waals surface area contributed by atoms with Crippen LogP contribution in [-0.2, 0) is 0 Å². The summed E-state index contributed by atoms with van der Waals surface area (Å²) in [5, 5.41) is 3.05. The third-order valence-corrected chi connectivity index (χ3v) is 1.66. The Balaban J connectivity index is 2.41. The largest absolute Gasteiger partial charge is 0.316 e. The van der Waals surface area contributed by atoms with Crippen molar-refractivity contribution < 1.29 is 0 Å². The molecule has 0 atom stereocenters. The molecule has 0 heterocycles. The first-order valence-corrected chi connectivity index (χ1v) is 4.46. The van der Waals surface area contributed by atoms with Crippen molar-refractivity contribution in [2.24, 2.45) is 0 Å². The van der Waals surface area contributed by atoms with Crippen LogP contribution in [0.3, 0.4) is 0 Å². The third kappa shape index (κ3) is 4.28. The minimum absolute atomic E-state index is 0.916. The Morgan fingerprint density at radius 2 is 1.92 bits per heavy atom. The minimum Gasteiger partial charge on any atom is -0.316 e. The summed E-state index contributed by atoms with van der Waals surface area (Å²) in [7, 11) is 1.94. The zero-order valence-corrected chi connectivity index (χ0v) is 7.90. The molecule has 0 aliphatic rings. The van der Waals surface area contributed by atoms with E-state index in [2.05, 4.69) is 29.6 Å². The van der Waals surface area contributed by atoms with E-state index in [0.717, 1.165) is 6.54 Å². The maximum atomic E-state index is 3.05. The van der Waals surface area contributed by atoms with E-state index in [1.807, 2.05) is 37.4 Å². The van der Waals surface area contributed by atoms with Crippen molar-refractivity contribution in [3.8, 4) is 0 Å². The van der Waals surface area contributed by atoms with E-state index in [0.29, 0.717) is 0 Å². The van der Waals surface area contributed by atoms with Crippen LogP contribution in [0.5, 0.6) is 0 Å². The van der Waals surface area contributed by atoms with E-state index in [1.165, 1.54) is 5.56 Å². The zero-order chi connectivity index (χ0) is 9.36. The molecule has 0 aromatic heterocycles. The van der Waals surface area contributed by atoms with Gasteiger partial charge in [0.1, 0.15) is 0 Å². The van der Waals surface area contributed by atoms with Crippen LogP contribution in [-0.4, -0.2) is 13.6 Å². The first-order chi connectivity index (χ1) is 6.43. The van der Waals surface area contributed by atoms with Crippen LogP contribution in [0.15, 0.2) is 48.6 Å². The van der Waals surface area contributed by atoms with Gasteiger partial charge in [-0.2, -0.15) is 0 Å². The van der Waals surface area contributed by atoms with Gasteiger partial charge in [0.15, 0.2) is 0 Å². The van der Waals surface area contributed by atoms with Gasteiger partial charge in [-0.05, 0) is 12.6 Å². The molecule has 1 aromatic rings. The summed E-state index contributed by atoms with van der Waals surface area (Å²) in [6.45, 7) is 0.916. The summed E-state index contributed by atoms with van der Waals surface area (Å²) in [5.74, 6) is 0. The van der Waals surface area contributed by atoms with Gasteiger partial charge in [-0.15, -0.1) is 0 Å². The van der Waals surface area contributed by atoms with Crippen molar-refractivity contribution in [1.29, 1.82) is 0 Å². The van der Waals surface area contributed by atoms with E-state index in [-0.39, 0.29) is 0 Å². The number of likely N-dealkylation sites (N-methyl/N-ethyl adjacent to an activating group) is 1. The fourth-order valence-corrected chi connectivity index (χ4v) is 0.995. The van der Waals surface area contributed by atoms with Gasteiger partial charge in [0, 0.05) is 6.54 Å². The van der Waals surface area contributed by atoms with Gasteiger partial charge in [0.05, 0.1) is 0 Å². The lowest BCUT2D eigenvalue weighted by atomic mass is 10.2. The van der Waals surface area contributed by atoms with Crippen molar-refractivity contribution in [3.63, 3.8) is 0 Å². The zero-order valence-electron chi connectivity index (χ0n) is 7.90. The molecule has 1 nitrogen and oxygen atoms in total. The SMILES string of the molecule is CNCC=CC=Cc1ccccc1. The van der Waals surface area contributed by atoms with E-state index >= 15 is 0 Å². The summed E-state index contributed by atoms with van der Waals surface area (Å²) in [4.78, 5) is 0. The second-order valence-electron chi connectivity index (χ2n) is 2.76. The summed E-state index contributed by atoms with van der Waals surface area (Å²) in [6, 6.07) is 10.3. The molecule has 0 spiro atoms. The van der Waals surface area contributed by atoms with Crippen LogP contribution in [0, 0.1) is 0 Å². The Morgan fingerprint density at radius 1 is 1.15 bits per heavy atom. The number of rotatable bonds is 4. The number of nitrogens with one attached hydrogen (secondary N) is 1. The average Bonchev–Trinajstić information content (AvgIpc) is 2.19. The lowest BCUT2D eigenvalue weighted by Gasteiger charge is -1.88. The number of hydrogen-bond donors (Lipinski definition) is 1. The van der Waals surface area contributed by atoms with Gasteiger partial charge in [-0.25, -0.2) is 0 Å². The van der Waals surface area contributed by atoms with Crippen LogP contribution in [0.4, 0.5) is 0 Å². The van der Waals surface area contributed by atoms with Gasteiger partial charge >= 0.3 is 0 Å². The lowest BCUT2D eigenvalue weighted by Crippen LogP contribution is -2.03. The molecule has 1 aromatic carbocycles. The van der Waals surface area contributed by atoms with Crippen LogP contribution in [0.1, 0.15) is 5.56 Å². The Hall–Kier alpha value is -1.34. The van der Waals surface area contributed by atoms with Crippen molar-refractivity contribution in [1.82, 2.24) is 5.32 Å². The van der Waals surface area contributed by atoms with Gasteiger partial charge in [-0.1, -0.05) is 54.6 Å². The molecule has 0 bridgehead atoms. The predicted octanol–water partition coefficient (Wildman–Crippen LogP) is 2.48. The molecule has 0 fully saturated rings. The van der Waals surface area contributed by atoms with Crippen molar-refractivity contribution >= 4 is 6.08 Å². The van der Waals surface area contributed by atoms with Crippen molar-refractivity contribution in [3.05, 3.63) is 54.1 Å². The summed E-state index contributed by atoms with van der Waals surface area (Å²) in [5.41, 5.74) is 1.23. The molecule has 0 saturated carbocycles. The highest BCUT2D eigenvalue weighted by Crippen LogP contribution is 2.00. The minimum atomic E-state index is 0.916. The van der Waals surface area contributed by atoms with E-state index in [4.69, 9.17) is 0 Å². The van der Waals surface area contributed by atoms with Crippen molar-refractivity contribution in [2.45, 2.75) is 0 Å². The molecule has 68 valence electrons. The lowest BCUT2D eigenvalue weighted by molar-refractivity contribution is 0.920. The monoisotopic (exact) mass is 173 g/mol. The quantitative estimate of drug-likeness (QED) is 0.690. The molecule has 0 saturated heterocycles. The third-order valence-electron chi connectivity index (χ3n) is 1.66. The Bertz CT molecular complexity index is 272. The standard InChI is InChI=1S/C12H15N/c1-13-11-7-3-6-10-12-8-4-2-5-9-12/h2-10,13H,11H2,1H3. The first-order valence-electron chi connectivity index (χ1n) is 4.46. The molecule has 1 rings (SSSR count). The molecule has 13 heavy (non-hydrogen) atoms. The fraction of sp³-hybridized carbons (Fsp3) is 0.167. The predicted molar refractivity (Wildman–Crippen MR) is 58.5 cm³/mol. The summed E-state index contributed by atoms with van der Waals surface area (Å²) < 4.78 is 0. The Labute approximate surface area is 79.8 Å². The number of hydrogen-bond acceptors (Lipinski definition) is 1. The molecule has 1 N–H and O–H groups in total. The molecule has 1 heteroatoms. The molecular formula is C12H15N. The fourth-order valence-electron chi connectivity index (χ4n) is 0.995. The van der Waals surface area contributed by atoms with Gasteiger partial charge in [0.2, 0.25) is 0 Å². The number of allylic oxidation sites excluding steroid dienone is 2. The maximum absolute atomic E-state index is 3.05. The Kier molecular flexibility index (Phi) is 4.65. The van der Waals surface area contributed by atoms with Crippen LogP contribution < -0.4 is 5.32 Å². The summed E-state index contributed by atoms with van der Waals surface area (Å²) in [6.07, 6.45) is 8.27. The average molecular weight is 173 g/mol. The highest BCUT2D eigenvalue weighted by Gasteiger charge is 1.79. The maximum Gasteiger partial charge on any atom is 0.0134 e. The van der Waals surface area contributed by atoms with E-state index in [9.17, 15) is 0 Å². The summed E-state index contributed by atoms with van der Waals surface area (Å²) >= 11 is 0. The van der Waals surface area contributed by atoms with E-state index in [1.54, 1.807) is 0 Å². The molecule has 0 amide bonds. The second-order valence-corrected chi connectivity index (χ2v) is 2.76. The second kappa shape index (κ2) is 6.21. The smallest absolute Gasteiger partial charge is 0.0134 e. The van der Waals surface area contributed by atoms with Crippen molar-refractivity contribution in [2.75, 3.05) is 13.6 Å². The van der Waals surface area contributed by atoms with Gasteiger partial charge < -0.3 is 5.32 Å². The van der Waals surface area contributed by atoms with Gasteiger partial charge in [-0.3, -0.25) is 0 Å². The van der Waals surface area contributed by atoms with Gasteiger partial charge in [0.25, 0.3) is 0 Å². The van der Waals surface area contributed by atoms with Crippen LogP contribution >= 0.6 is 0 Å².